The molecule has 2 rings (SSSR count). The maximum Gasteiger partial charge on any atom is 0.139 e. The Hall–Kier alpha value is -1.55. The lowest BCUT2D eigenvalue weighted by Gasteiger charge is -2.26. The van der Waals surface area contributed by atoms with Gasteiger partial charge in [-0.25, -0.2) is 4.39 Å². The maximum atomic E-state index is 14.2. The predicted molar refractivity (Wildman–Crippen MR) is 111 cm³/mol. The Bertz CT molecular complexity index is 609. The van der Waals surface area contributed by atoms with Crippen molar-refractivity contribution in [3.63, 3.8) is 0 Å². The monoisotopic (exact) mass is 354 g/mol. The molecule has 0 saturated heterocycles. The lowest BCUT2D eigenvalue weighted by Crippen LogP contribution is -2.12. The van der Waals surface area contributed by atoms with Gasteiger partial charge in [-0.05, 0) is 74.1 Å². The molecule has 1 aromatic carbocycles. The first-order chi connectivity index (χ1) is 12.7. The molecule has 0 unspecified atom stereocenters. The lowest BCUT2D eigenvalue weighted by molar-refractivity contribution is 0.291. The molecule has 1 fully saturated rings. The molecule has 0 radical (unpaired) electrons. The second kappa shape index (κ2) is 11.9. The van der Waals surface area contributed by atoms with E-state index < -0.39 is 0 Å². The van der Waals surface area contributed by atoms with Crippen molar-refractivity contribution in [2.24, 2.45) is 11.8 Å². The van der Waals surface area contributed by atoms with E-state index in [1.807, 2.05) is 18.2 Å². The molecule has 0 atom stereocenters. The summed E-state index contributed by atoms with van der Waals surface area (Å²) in [6.45, 7) is 4.46. The van der Waals surface area contributed by atoms with Gasteiger partial charge < -0.3 is 0 Å². The first kappa shape index (κ1) is 20.8. The van der Waals surface area contributed by atoms with E-state index in [1.54, 1.807) is 6.07 Å². The summed E-state index contributed by atoms with van der Waals surface area (Å²) in [6.07, 6.45) is 18.0. The number of unbranched alkanes of at least 4 members (excludes halogenated alkanes) is 3. The van der Waals surface area contributed by atoms with Crippen molar-refractivity contribution in [2.75, 3.05) is 0 Å². The third-order valence-electron chi connectivity index (χ3n) is 5.62. The summed E-state index contributed by atoms with van der Waals surface area (Å²) in [5.41, 5.74) is 1.59. The molecule has 142 valence electrons. The van der Waals surface area contributed by atoms with Gasteiger partial charge in [0.1, 0.15) is 5.82 Å². The Kier molecular flexibility index (Phi) is 9.54. The van der Waals surface area contributed by atoms with E-state index in [4.69, 9.17) is 0 Å². The fourth-order valence-corrected chi connectivity index (χ4v) is 3.86. The molecule has 0 aliphatic heterocycles. The number of aryl methyl sites for hydroxylation is 1. The van der Waals surface area contributed by atoms with Crippen LogP contribution in [0.3, 0.4) is 0 Å². The van der Waals surface area contributed by atoms with E-state index >= 15 is 0 Å². The first-order valence-electron chi connectivity index (χ1n) is 10.7. The Labute approximate surface area is 160 Å². The first-order valence-corrected chi connectivity index (χ1v) is 10.7. The number of benzene rings is 1. The minimum atomic E-state index is -0.184. The number of allylic oxidation sites excluding steroid dienone is 2. The van der Waals surface area contributed by atoms with Gasteiger partial charge in [0, 0.05) is 0 Å². The van der Waals surface area contributed by atoms with Gasteiger partial charge >= 0.3 is 0 Å². The highest BCUT2D eigenvalue weighted by molar-refractivity contribution is 5.39. The van der Waals surface area contributed by atoms with Gasteiger partial charge in [-0.3, -0.25) is 0 Å². The zero-order valence-electron chi connectivity index (χ0n) is 16.7. The molecule has 0 spiro atoms. The third kappa shape index (κ3) is 7.36. The van der Waals surface area contributed by atoms with Crippen LogP contribution in [0.4, 0.5) is 4.39 Å². The molecule has 0 aromatic heterocycles. The van der Waals surface area contributed by atoms with Crippen LogP contribution in [-0.2, 0) is 6.42 Å². The summed E-state index contributed by atoms with van der Waals surface area (Å²) in [5.74, 6) is 7.42. The van der Waals surface area contributed by atoms with Gasteiger partial charge in [-0.2, -0.15) is 0 Å². The highest BCUT2D eigenvalue weighted by atomic mass is 19.1. The molecule has 1 saturated carbocycles. The minimum absolute atomic E-state index is 0.184. The fourth-order valence-electron chi connectivity index (χ4n) is 3.86. The van der Waals surface area contributed by atoms with Crippen molar-refractivity contribution < 1.29 is 4.39 Å². The Morgan fingerprint density at radius 2 is 1.81 bits per heavy atom. The molecule has 0 amide bonds. The Morgan fingerprint density at radius 3 is 2.50 bits per heavy atom. The fraction of sp³-hybridized carbons (Fsp3) is 0.600. The quantitative estimate of drug-likeness (QED) is 0.335. The highest BCUT2D eigenvalue weighted by Gasteiger charge is 2.18. The summed E-state index contributed by atoms with van der Waals surface area (Å²) >= 11 is 0. The predicted octanol–water partition coefficient (Wildman–Crippen LogP) is 7.46. The number of hydrogen-bond donors (Lipinski definition) is 0. The van der Waals surface area contributed by atoms with Crippen LogP contribution in [0.25, 0.3) is 0 Å². The van der Waals surface area contributed by atoms with Gasteiger partial charge in [-0.15, -0.1) is 0 Å². The summed E-state index contributed by atoms with van der Waals surface area (Å²) in [6, 6.07) is 5.50. The van der Waals surface area contributed by atoms with Crippen molar-refractivity contribution in [1.82, 2.24) is 0 Å². The molecule has 1 aromatic rings. The Morgan fingerprint density at radius 1 is 1.04 bits per heavy atom. The average molecular weight is 355 g/mol. The van der Waals surface area contributed by atoms with E-state index in [0.29, 0.717) is 11.5 Å². The number of hydrogen-bond acceptors (Lipinski definition) is 0. The van der Waals surface area contributed by atoms with Gasteiger partial charge in [-0.1, -0.05) is 69.9 Å². The van der Waals surface area contributed by atoms with E-state index in [1.165, 1.54) is 57.8 Å². The van der Waals surface area contributed by atoms with Crippen LogP contribution in [0.1, 0.15) is 89.2 Å². The summed E-state index contributed by atoms with van der Waals surface area (Å²) < 4.78 is 14.2. The molecule has 0 heterocycles. The smallest absolute Gasteiger partial charge is 0.139 e. The van der Waals surface area contributed by atoms with Crippen LogP contribution in [0.2, 0.25) is 0 Å². The molecule has 0 N–H and O–H groups in total. The largest absolute Gasteiger partial charge is 0.206 e. The van der Waals surface area contributed by atoms with E-state index in [2.05, 4.69) is 31.8 Å². The van der Waals surface area contributed by atoms with E-state index in [0.717, 1.165) is 24.3 Å². The molecule has 1 heteroatoms. The minimum Gasteiger partial charge on any atom is -0.206 e. The van der Waals surface area contributed by atoms with Gasteiger partial charge in [0.25, 0.3) is 0 Å². The van der Waals surface area contributed by atoms with Crippen molar-refractivity contribution in [1.29, 1.82) is 0 Å². The van der Waals surface area contributed by atoms with Crippen LogP contribution in [0, 0.1) is 29.5 Å². The summed E-state index contributed by atoms with van der Waals surface area (Å²) in [5, 5.41) is 0. The van der Waals surface area contributed by atoms with E-state index in [-0.39, 0.29) is 5.82 Å². The zero-order valence-corrected chi connectivity index (χ0v) is 16.7. The van der Waals surface area contributed by atoms with Gasteiger partial charge in [0.2, 0.25) is 0 Å². The Balaban J connectivity index is 1.79. The van der Waals surface area contributed by atoms with Crippen molar-refractivity contribution in [3.05, 3.63) is 47.3 Å². The average Bonchev–Trinajstić information content (AvgIpc) is 2.66. The topological polar surface area (TPSA) is 0 Å². The molecule has 0 bridgehead atoms. The van der Waals surface area contributed by atoms with E-state index in [9.17, 15) is 4.39 Å². The normalized spacial score (nSPS) is 20.1. The third-order valence-corrected chi connectivity index (χ3v) is 5.62. The molecule has 26 heavy (non-hydrogen) atoms. The molecule has 0 nitrogen and oxygen atoms in total. The van der Waals surface area contributed by atoms with Gasteiger partial charge in [0.15, 0.2) is 0 Å². The molecule has 1 aliphatic carbocycles. The van der Waals surface area contributed by atoms with Crippen LogP contribution in [0.15, 0.2) is 30.4 Å². The van der Waals surface area contributed by atoms with Crippen LogP contribution in [0.5, 0.6) is 0 Å². The molecular weight excluding hydrogens is 319 g/mol. The molecule has 1 aliphatic rings. The molecular formula is C25H35F. The van der Waals surface area contributed by atoms with Crippen molar-refractivity contribution in [2.45, 2.75) is 84.5 Å². The number of rotatable bonds is 8. The SMILES string of the molecule is CCCCCc1ccc(C#C/C=C/C2CCC(CCCC)CC2)c(F)c1. The standard InChI is InChI=1S/C25H35F/c1-3-5-7-12-23-18-19-24(25(26)20-23)13-9-8-11-22-16-14-21(15-17-22)10-6-4-2/h8,11,18-22H,3-7,10,12,14-17H2,1-2H3/b11-8+. The second-order valence-electron chi connectivity index (χ2n) is 7.82. The van der Waals surface area contributed by atoms with Crippen molar-refractivity contribution in [3.8, 4) is 11.8 Å². The van der Waals surface area contributed by atoms with Crippen LogP contribution >= 0.6 is 0 Å². The second-order valence-corrected chi connectivity index (χ2v) is 7.82. The lowest BCUT2D eigenvalue weighted by atomic mass is 9.80. The van der Waals surface area contributed by atoms with Crippen LogP contribution < -0.4 is 0 Å². The van der Waals surface area contributed by atoms with Gasteiger partial charge in [0.05, 0.1) is 5.56 Å². The number of halogens is 1. The zero-order chi connectivity index (χ0) is 18.6. The summed E-state index contributed by atoms with van der Waals surface area (Å²) in [7, 11) is 0. The maximum absolute atomic E-state index is 14.2. The van der Waals surface area contributed by atoms with Crippen LogP contribution in [-0.4, -0.2) is 0 Å². The summed E-state index contributed by atoms with van der Waals surface area (Å²) in [4.78, 5) is 0. The highest BCUT2D eigenvalue weighted by Crippen LogP contribution is 2.32. The van der Waals surface area contributed by atoms with Crippen molar-refractivity contribution >= 4 is 0 Å².